The highest BCUT2D eigenvalue weighted by Gasteiger charge is 2.48. The van der Waals surface area contributed by atoms with Gasteiger partial charge in [0.15, 0.2) is 5.82 Å². The molecule has 0 aliphatic heterocycles. The minimum absolute atomic E-state index is 0.148. The lowest BCUT2D eigenvalue weighted by molar-refractivity contribution is -0.169. The van der Waals surface area contributed by atoms with E-state index in [1.807, 2.05) is 0 Å². The summed E-state index contributed by atoms with van der Waals surface area (Å²) in [5.74, 6) is -5.33. The van der Waals surface area contributed by atoms with Crippen LogP contribution in [0.1, 0.15) is 12.7 Å². The number of carboxylic acid groups (broad SMARTS) is 1. The average molecular weight is 367 g/mol. The molecule has 0 saturated carbocycles. The molecule has 0 radical (unpaired) electrons. The standard InChI is InChI=1S/C14H11F6N3O2/c1-7-9(12-21-6-23(22-12)3-2-11(24)25)4-8(13(15,16)17)5-10(7)14(18,19)20/h2-7,10H,1H3,(H,24,25)/b3-2-. The van der Waals surface area contributed by atoms with Crippen LogP contribution in [0.15, 0.2) is 30.1 Å². The molecule has 0 aromatic carbocycles. The third kappa shape index (κ3) is 4.28. The summed E-state index contributed by atoms with van der Waals surface area (Å²) in [7, 11) is 0. The lowest BCUT2D eigenvalue weighted by Gasteiger charge is -2.29. The van der Waals surface area contributed by atoms with Crippen molar-refractivity contribution in [3.63, 3.8) is 0 Å². The number of nitrogens with zero attached hydrogens (tertiary/aromatic N) is 3. The van der Waals surface area contributed by atoms with Gasteiger partial charge in [-0.1, -0.05) is 13.0 Å². The third-order valence-corrected chi connectivity index (χ3v) is 3.54. The second kappa shape index (κ2) is 6.37. The summed E-state index contributed by atoms with van der Waals surface area (Å²) in [4.78, 5) is 14.1. The molecule has 1 N–H and O–H groups in total. The van der Waals surface area contributed by atoms with Gasteiger partial charge in [0.05, 0.1) is 11.5 Å². The summed E-state index contributed by atoms with van der Waals surface area (Å²) in [5, 5.41) is 12.2. The van der Waals surface area contributed by atoms with E-state index in [-0.39, 0.29) is 17.5 Å². The Morgan fingerprint density at radius 2 is 1.92 bits per heavy atom. The van der Waals surface area contributed by atoms with Crippen LogP contribution in [0.3, 0.4) is 0 Å². The van der Waals surface area contributed by atoms with Gasteiger partial charge in [-0.05, 0) is 12.0 Å². The number of hydrogen-bond acceptors (Lipinski definition) is 3. The molecule has 1 aliphatic rings. The van der Waals surface area contributed by atoms with Gasteiger partial charge in [0, 0.05) is 17.8 Å². The highest BCUT2D eigenvalue weighted by molar-refractivity contribution is 5.82. The monoisotopic (exact) mass is 367 g/mol. The smallest absolute Gasteiger partial charge is 0.416 e. The van der Waals surface area contributed by atoms with Gasteiger partial charge >= 0.3 is 18.3 Å². The molecule has 1 heterocycles. The Morgan fingerprint density at radius 3 is 2.44 bits per heavy atom. The predicted molar refractivity (Wildman–Crippen MR) is 73.8 cm³/mol. The fraction of sp³-hybridized carbons (Fsp3) is 0.357. The Kier molecular flexibility index (Phi) is 4.78. The summed E-state index contributed by atoms with van der Waals surface area (Å²) in [5.41, 5.74) is -1.76. The van der Waals surface area contributed by atoms with Crippen LogP contribution in [0.4, 0.5) is 26.3 Å². The molecule has 11 heteroatoms. The number of carboxylic acids is 1. The summed E-state index contributed by atoms with van der Waals surface area (Å²) in [6.07, 6.45) is -6.48. The molecule has 1 aromatic rings. The van der Waals surface area contributed by atoms with Gasteiger partial charge in [-0.15, -0.1) is 5.10 Å². The highest BCUT2D eigenvalue weighted by atomic mass is 19.4. The van der Waals surface area contributed by atoms with Gasteiger partial charge in [-0.2, -0.15) is 26.3 Å². The van der Waals surface area contributed by atoms with Crippen molar-refractivity contribution >= 4 is 17.7 Å². The number of halogens is 6. The summed E-state index contributed by atoms with van der Waals surface area (Å²) in [6.45, 7) is 1.13. The van der Waals surface area contributed by atoms with Gasteiger partial charge in [-0.25, -0.2) is 14.5 Å². The summed E-state index contributed by atoms with van der Waals surface area (Å²) in [6, 6.07) is 0. The van der Waals surface area contributed by atoms with Crippen molar-refractivity contribution in [2.45, 2.75) is 19.3 Å². The Morgan fingerprint density at radius 1 is 1.28 bits per heavy atom. The fourth-order valence-corrected chi connectivity index (χ4v) is 2.32. The van der Waals surface area contributed by atoms with Gasteiger partial charge in [0.1, 0.15) is 6.33 Å². The van der Waals surface area contributed by atoms with Crippen LogP contribution in [0.25, 0.3) is 11.8 Å². The Hall–Kier alpha value is -2.59. The molecule has 0 spiro atoms. The molecule has 2 rings (SSSR count). The lowest BCUT2D eigenvalue weighted by Crippen LogP contribution is -2.32. The molecule has 0 bridgehead atoms. The topological polar surface area (TPSA) is 68.0 Å². The van der Waals surface area contributed by atoms with E-state index in [9.17, 15) is 31.1 Å². The predicted octanol–water partition coefficient (Wildman–Crippen LogP) is 3.53. The van der Waals surface area contributed by atoms with E-state index < -0.39 is 35.7 Å². The number of rotatable bonds is 3. The molecule has 0 amide bonds. The van der Waals surface area contributed by atoms with Crippen LogP contribution < -0.4 is 0 Å². The van der Waals surface area contributed by atoms with Gasteiger partial charge < -0.3 is 5.11 Å². The first-order valence-corrected chi connectivity index (χ1v) is 6.79. The van der Waals surface area contributed by atoms with Crippen LogP contribution in [-0.4, -0.2) is 38.2 Å². The summed E-state index contributed by atoms with van der Waals surface area (Å²) < 4.78 is 79.0. The maximum Gasteiger partial charge on any atom is 0.416 e. The number of aromatic nitrogens is 3. The normalized spacial score (nSPS) is 22.0. The zero-order valence-electron chi connectivity index (χ0n) is 12.5. The number of carbonyl (C=O) groups is 1. The zero-order chi connectivity index (χ0) is 19.0. The van der Waals surface area contributed by atoms with Crippen LogP contribution in [0, 0.1) is 11.8 Å². The van der Waals surface area contributed by atoms with E-state index >= 15 is 0 Å². The van der Waals surface area contributed by atoms with Gasteiger partial charge in [0.25, 0.3) is 0 Å². The second-order valence-corrected chi connectivity index (χ2v) is 5.28. The number of allylic oxidation sites excluding steroid dienone is 4. The maximum absolute atomic E-state index is 13.1. The van der Waals surface area contributed by atoms with Crippen molar-refractivity contribution in [2.75, 3.05) is 0 Å². The van der Waals surface area contributed by atoms with Crippen LogP contribution in [0.2, 0.25) is 0 Å². The molecule has 0 saturated heterocycles. The van der Waals surface area contributed by atoms with Crippen molar-refractivity contribution in [1.29, 1.82) is 0 Å². The molecular formula is C14H11F6N3O2. The summed E-state index contributed by atoms with van der Waals surface area (Å²) >= 11 is 0. The maximum atomic E-state index is 13.1. The number of alkyl halides is 6. The molecule has 1 aromatic heterocycles. The third-order valence-electron chi connectivity index (χ3n) is 3.54. The lowest BCUT2D eigenvalue weighted by atomic mass is 9.80. The van der Waals surface area contributed by atoms with Crippen molar-refractivity contribution in [3.8, 4) is 0 Å². The largest absolute Gasteiger partial charge is 0.478 e. The van der Waals surface area contributed by atoms with E-state index in [0.717, 1.165) is 24.1 Å². The van der Waals surface area contributed by atoms with Gasteiger partial charge in [-0.3, -0.25) is 0 Å². The first-order valence-electron chi connectivity index (χ1n) is 6.79. The molecule has 1 aliphatic carbocycles. The van der Waals surface area contributed by atoms with Crippen LogP contribution in [0.5, 0.6) is 0 Å². The first kappa shape index (κ1) is 18.7. The average Bonchev–Trinajstić information content (AvgIpc) is 2.91. The van der Waals surface area contributed by atoms with Crippen molar-refractivity contribution in [2.24, 2.45) is 11.8 Å². The fourth-order valence-electron chi connectivity index (χ4n) is 2.32. The molecule has 5 nitrogen and oxygen atoms in total. The first-order chi connectivity index (χ1) is 11.4. The zero-order valence-corrected chi connectivity index (χ0v) is 12.5. The highest BCUT2D eigenvalue weighted by Crippen LogP contribution is 2.45. The minimum atomic E-state index is -4.96. The molecule has 2 unspecified atom stereocenters. The van der Waals surface area contributed by atoms with E-state index in [2.05, 4.69) is 10.1 Å². The minimum Gasteiger partial charge on any atom is -0.478 e. The molecule has 136 valence electrons. The number of hydrogen-bond donors (Lipinski definition) is 1. The van der Waals surface area contributed by atoms with Crippen molar-refractivity contribution in [3.05, 3.63) is 36.0 Å². The van der Waals surface area contributed by atoms with Crippen molar-refractivity contribution < 1.29 is 36.2 Å². The van der Waals surface area contributed by atoms with E-state index in [0.29, 0.717) is 12.2 Å². The van der Waals surface area contributed by atoms with E-state index in [1.54, 1.807) is 0 Å². The van der Waals surface area contributed by atoms with Gasteiger partial charge in [0.2, 0.25) is 0 Å². The quantitative estimate of drug-likeness (QED) is 0.656. The number of aliphatic carboxylic acids is 1. The van der Waals surface area contributed by atoms with E-state index in [1.165, 1.54) is 0 Å². The molecule has 0 fully saturated rings. The van der Waals surface area contributed by atoms with E-state index in [4.69, 9.17) is 5.11 Å². The Bertz CT molecular complexity index is 757. The Balaban J connectivity index is 2.46. The SMILES string of the molecule is CC1C(c2ncn(/C=C\C(=O)O)n2)=CC(C(F)(F)F)=CC1C(F)(F)F. The Labute approximate surface area is 137 Å². The van der Waals surface area contributed by atoms with Crippen LogP contribution >= 0.6 is 0 Å². The molecular weight excluding hydrogens is 356 g/mol. The van der Waals surface area contributed by atoms with Crippen LogP contribution in [-0.2, 0) is 4.79 Å². The molecule has 2 atom stereocenters. The van der Waals surface area contributed by atoms with Crippen molar-refractivity contribution in [1.82, 2.24) is 14.8 Å². The second-order valence-electron chi connectivity index (χ2n) is 5.28. The molecule has 25 heavy (non-hydrogen) atoms.